The number of aryl methyl sites for hydroxylation is 1. The maximum absolute atomic E-state index is 12.4. The molecule has 0 saturated heterocycles. The number of carbonyl (C=O) groups is 2. The van der Waals surface area contributed by atoms with Gasteiger partial charge in [0.25, 0.3) is 5.91 Å². The summed E-state index contributed by atoms with van der Waals surface area (Å²) in [5.74, 6) is -0.825. The fraction of sp³-hybridized carbons (Fsp3) is 0.667. The third-order valence-electron chi connectivity index (χ3n) is 3.34. The van der Waals surface area contributed by atoms with Crippen LogP contribution in [0.5, 0.6) is 0 Å². The molecule has 0 spiro atoms. The van der Waals surface area contributed by atoms with Gasteiger partial charge in [0, 0.05) is 18.5 Å². The van der Waals surface area contributed by atoms with Gasteiger partial charge in [-0.2, -0.15) is 5.10 Å². The van der Waals surface area contributed by atoms with Crippen LogP contribution in [0.2, 0.25) is 0 Å². The maximum Gasteiger partial charge on any atom is 0.303 e. The highest BCUT2D eigenvalue weighted by molar-refractivity contribution is 5.93. The van der Waals surface area contributed by atoms with Crippen molar-refractivity contribution in [1.82, 2.24) is 15.1 Å². The van der Waals surface area contributed by atoms with Crippen LogP contribution in [0.4, 0.5) is 0 Å². The molecule has 0 bridgehead atoms. The Balaban J connectivity index is 2.85. The molecule has 21 heavy (non-hydrogen) atoms. The molecule has 0 radical (unpaired) electrons. The summed E-state index contributed by atoms with van der Waals surface area (Å²) in [5.41, 5.74) is 0.825. The zero-order valence-electron chi connectivity index (χ0n) is 13.4. The van der Waals surface area contributed by atoms with Crippen LogP contribution in [-0.4, -0.2) is 32.3 Å². The molecule has 6 heteroatoms. The molecule has 0 fully saturated rings. The van der Waals surface area contributed by atoms with Crippen molar-refractivity contribution in [2.24, 2.45) is 0 Å². The number of rotatable bonds is 7. The summed E-state index contributed by atoms with van der Waals surface area (Å²) in [6.07, 6.45) is 0.406. The number of aromatic nitrogens is 2. The number of amides is 1. The molecular weight excluding hydrogens is 270 g/mol. The number of hydrogen-bond acceptors (Lipinski definition) is 3. The quantitative estimate of drug-likeness (QED) is 0.809. The average Bonchev–Trinajstić information content (AvgIpc) is 2.80. The van der Waals surface area contributed by atoms with Crippen molar-refractivity contribution in [2.75, 3.05) is 0 Å². The summed E-state index contributed by atoms with van der Waals surface area (Å²) in [4.78, 5) is 23.1. The Morgan fingerprint density at radius 3 is 2.52 bits per heavy atom. The van der Waals surface area contributed by atoms with Crippen molar-refractivity contribution in [1.29, 1.82) is 0 Å². The maximum atomic E-state index is 12.4. The van der Waals surface area contributed by atoms with Crippen molar-refractivity contribution < 1.29 is 14.7 Å². The second-order valence-electron chi connectivity index (χ2n) is 6.16. The van der Waals surface area contributed by atoms with E-state index in [2.05, 4.69) is 10.4 Å². The first-order valence-electron chi connectivity index (χ1n) is 7.28. The number of nitrogens with one attached hydrogen (secondary N) is 1. The minimum Gasteiger partial charge on any atom is -0.481 e. The Morgan fingerprint density at radius 1 is 1.43 bits per heavy atom. The molecule has 1 aromatic heterocycles. The summed E-state index contributed by atoms with van der Waals surface area (Å²) < 4.78 is 1.68. The zero-order valence-corrected chi connectivity index (χ0v) is 13.4. The summed E-state index contributed by atoms with van der Waals surface area (Å²) >= 11 is 0. The van der Waals surface area contributed by atoms with Gasteiger partial charge >= 0.3 is 5.97 Å². The van der Waals surface area contributed by atoms with Crippen LogP contribution < -0.4 is 5.32 Å². The van der Waals surface area contributed by atoms with Crippen LogP contribution in [0.1, 0.15) is 69.6 Å². The van der Waals surface area contributed by atoms with Crippen molar-refractivity contribution in [3.05, 3.63) is 17.5 Å². The predicted molar refractivity (Wildman–Crippen MR) is 80.4 cm³/mol. The first-order valence-corrected chi connectivity index (χ1v) is 7.28. The van der Waals surface area contributed by atoms with Crippen molar-refractivity contribution >= 4 is 11.9 Å². The Labute approximate surface area is 125 Å². The Kier molecular flexibility index (Phi) is 5.52. The molecule has 1 rings (SSSR count). The molecular formula is C15H25N3O3. The highest BCUT2D eigenvalue weighted by Gasteiger charge is 2.24. The van der Waals surface area contributed by atoms with Crippen molar-refractivity contribution in [3.63, 3.8) is 0 Å². The fourth-order valence-corrected chi connectivity index (χ4v) is 2.00. The van der Waals surface area contributed by atoms with E-state index in [0.717, 1.165) is 5.69 Å². The fourth-order valence-electron chi connectivity index (χ4n) is 2.00. The Bertz CT molecular complexity index is 518. The molecule has 118 valence electrons. The van der Waals surface area contributed by atoms with E-state index >= 15 is 0 Å². The van der Waals surface area contributed by atoms with Crippen LogP contribution in [-0.2, 0) is 11.3 Å². The van der Waals surface area contributed by atoms with Gasteiger partial charge in [-0.15, -0.1) is 0 Å². The monoisotopic (exact) mass is 295 g/mol. The number of aliphatic carboxylic acids is 1. The summed E-state index contributed by atoms with van der Waals surface area (Å²) in [7, 11) is 0. The van der Waals surface area contributed by atoms with Crippen LogP contribution in [0.3, 0.4) is 0 Å². The Morgan fingerprint density at radius 2 is 2.05 bits per heavy atom. The smallest absolute Gasteiger partial charge is 0.303 e. The second kappa shape index (κ2) is 6.74. The minimum atomic E-state index is -0.863. The highest BCUT2D eigenvalue weighted by Crippen LogP contribution is 2.17. The zero-order chi connectivity index (χ0) is 16.2. The van der Waals surface area contributed by atoms with Crippen LogP contribution in [0.15, 0.2) is 6.07 Å². The number of carboxylic acids is 1. The van der Waals surface area contributed by atoms with Gasteiger partial charge in [0.05, 0.1) is 5.69 Å². The average molecular weight is 295 g/mol. The van der Waals surface area contributed by atoms with E-state index in [9.17, 15) is 9.59 Å². The van der Waals surface area contributed by atoms with E-state index in [1.807, 2.05) is 34.6 Å². The molecule has 0 unspecified atom stereocenters. The van der Waals surface area contributed by atoms with Gasteiger partial charge in [0.2, 0.25) is 0 Å². The van der Waals surface area contributed by atoms with Crippen LogP contribution in [0, 0.1) is 0 Å². The lowest BCUT2D eigenvalue weighted by atomic mass is 9.98. The Hall–Kier alpha value is -1.85. The first-order chi connectivity index (χ1) is 9.66. The van der Waals surface area contributed by atoms with Gasteiger partial charge in [-0.25, -0.2) is 0 Å². The topological polar surface area (TPSA) is 84.2 Å². The number of hydrogen-bond donors (Lipinski definition) is 2. The van der Waals surface area contributed by atoms with Gasteiger partial charge in [-0.3, -0.25) is 14.3 Å². The molecule has 2 N–H and O–H groups in total. The molecule has 0 saturated carbocycles. The number of carboxylic acid groups (broad SMARTS) is 1. The van der Waals surface area contributed by atoms with Gasteiger partial charge < -0.3 is 10.4 Å². The SMILES string of the molecule is CCn1nc(C(C)C)cc1C(=O)NC(C)(C)CCC(=O)O. The molecule has 0 aliphatic rings. The number of carbonyl (C=O) groups excluding carboxylic acids is 1. The predicted octanol–water partition coefficient (Wildman–Crippen LogP) is 2.40. The summed E-state index contributed by atoms with van der Waals surface area (Å²) in [6.45, 7) is 10.3. The lowest BCUT2D eigenvalue weighted by Gasteiger charge is -2.25. The van der Waals surface area contributed by atoms with Crippen molar-refractivity contribution in [2.45, 2.75) is 65.5 Å². The lowest BCUT2D eigenvalue weighted by Crippen LogP contribution is -2.44. The van der Waals surface area contributed by atoms with Gasteiger partial charge in [-0.1, -0.05) is 13.8 Å². The molecule has 1 amide bonds. The van der Waals surface area contributed by atoms with Crippen molar-refractivity contribution in [3.8, 4) is 0 Å². The van der Waals surface area contributed by atoms with Gasteiger partial charge in [0.15, 0.2) is 0 Å². The van der Waals surface area contributed by atoms with Crippen LogP contribution >= 0.6 is 0 Å². The van der Waals surface area contributed by atoms with E-state index in [1.165, 1.54) is 0 Å². The van der Waals surface area contributed by atoms with E-state index in [4.69, 9.17) is 5.11 Å². The standard InChI is InChI=1S/C15H25N3O3/c1-6-18-12(9-11(17-18)10(2)3)14(21)16-15(4,5)8-7-13(19)20/h9-10H,6-8H2,1-5H3,(H,16,21)(H,19,20). The third kappa shape index (κ3) is 4.88. The largest absolute Gasteiger partial charge is 0.481 e. The lowest BCUT2D eigenvalue weighted by molar-refractivity contribution is -0.137. The minimum absolute atomic E-state index is 0.0254. The van der Waals surface area contributed by atoms with Gasteiger partial charge in [0.1, 0.15) is 5.69 Å². The molecule has 0 atom stereocenters. The first kappa shape index (κ1) is 17.2. The van der Waals surface area contributed by atoms with E-state index in [-0.39, 0.29) is 18.2 Å². The summed E-state index contributed by atoms with van der Waals surface area (Å²) in [6, 6.07) is 1.80. The molecule has 0 aliphatic heterocycles. The number of nitrogens with zero attached hydrogens (tertiary/aromatic N) is 2. The van der Waals surface area contributed by atoms with Crippen LogP contribution in [0.25, 0.3) is 0 Å². The van der Waals surface area contributed by atoms with Gasteiger partial charge in [-0.05, 0) is 39.2 Å². The molecule has 0 aromatic carbocycles. The third-order valence-corrected chi connectivity index (χ3v) is 3.34. The normalized spacial score (nSPS) is 11.7. The molecule has 1 heterocycles. The summed E-state index contributed by atoms with van der Waals surface area (Å²) in [5, 5.41) is 16.1. The van der Waals surface area contributed by atoms with E-state index in [1.54, 1.807) is 10.7 Å². The molecule has 0 aliphatic carbocycles. The van der Waals surface area contributed by atoms with E-state index < -0.39 is 11.5 Å². The molecule has 1 aromatic rings. The molecule has 6 nitrogen and oxygen atoms in total. The highest BCUT2D eigenvalue weighted by atomic mass is 16.4. The van der Waals surface area contributed by atoms with E-state index in [0.29, 0.717) is 18.7 Å². The second-order valence-corrected chi connectivity index (χ2v) is 6.16.